The van der Waals surface area contributed by atoms with Gasteiger partial charge in [-0.05, 0) is 54.8 Å². The normalized spacial score (nSPS) is 19.0. The van der Waals surface area contributed by atoms with E-state index >= 15 is 0 Å². The Morgan fingerprint density at radius 2 is 1.68 bits per heavy atom. The van der Waals surface area contributed by atoms with Gasteiger partial charge in [0.2, 0.25) is 0 Å². The molecule has 1 fully saturated rings. The van der Waals surface area contributed by atoms with Crippen molar-refractivity contribution in [2.45, 2.75) is 44.8 Å². The van der Waals surface area contributed by atoms with E-state index in [4.69, 9.17) is 0 Å². The lowest BCUT2D eigenvalue weighted by Gasteiger charge is -2.56. The van der Waals surface area contributed by atoms with Crippen LogP contribution in [0, 0.1) is 17.3 Å². The summed E-state index contributed by atoms with van der Waals surface area (Å²) in [7, 11) is 3.88. The molecule has 0 spiro atoms. The topological polar surface area (TPSA) is 61.5 Å². The van der Waals surface area contributed by atoms with E-state index in [2.05, 4.69) is 73.9 Å². The van der Waals surface area contributed by atoms with Gasteiger partial charge in [0.1, 0.15) is 11.3 Å². The molecule has 34 heavy (non-hydrogen) atoms. The van der Waals surface area contributed by atoms with Crippen molar-refractivity contribution in [1.29, 1.82) is 0 Å². The molecule has 1 aromatic heterocycles. The molecule has 4 rings (SSSR count). The van der Waals surface area contributed by atoms with Crippen molar-refractivity contribution in [2.75, 3.05) is 20.1 Å². The van der Waals surface area contributed by atoms with Crippen LogP contribution in [0.2, 0.25) is 0 Å². The third-order valence-corrected chi connectivity index (χ3v) is 7.05. The van der Waals surface area contributed by atoms with E-state index in [0.717, 1.165) is 29.8 Å². The lowest BCUT2D eigenvalue weighted by atomic mass is 9.62. The first-order valence-electron chi connectivity index (χ1n) is 11.8. The van der Waals surface area contributed by atoms with Crippen molar-refractivity contribution in [3.8, 4) is 11.8 Å². The largest absolute Gasteiger partial charge is 0.380 e. The molecule has 0 aliphatic carbocycles. The Kier molecular flexibility index (Phi) is 6.20. The van der Waals surface area contributed by atoms with E-state index in [1.807, 2.05) is 31.3 Å². The van der Waals surface area contributed by atoms with Gasteiger partial charge in [-0.2, -0.15) is 5.10 Å². The smallest absolute Gasteiger partial charge is 0.167 e. The zero-order valence-corrected chi connectivity index (χ0v) is 21.0. The molecule has 2 heterocycles. The summed E-state index contributed by atoms with van der Waals surface area (Å²) in [5, 5.41) is 27.5. The van der Waals surface area contributed by atoms with Gasteiger partial charge in [-0.15, -0.1) is 0 Å². The highest BCUT2D eigenvalue weighted by atomic mass is 16.3. The summed E-state index contributed by atoms with van der Waals surface area (Å²) >= 11 is 0. The molecule has 1 aliphatic heterocycles. The number of aromatic nitrogens is 2. The molecule has 2 atom stereocenters. The van der Waals surface area contributed by atoms with Crippen LogP contribution in [0.25, 0.3) is 0 Å². The van der Waals surface area contributed by atoms with Gasteiger partial charge in [-0.1, -0.05) is 69.0 Å². The second kappa shape index (κ2) is 8.70. The van der Waals surface area contributed by atoms with Crippen LogP contribution in [0.4, 0.5) is 0 Å². The SMILES string of the molecule is CC(C)c1ccc([C@](O)(c2cccc(C#C[C@@](C)(O)c3ccn(C)n3)c2)C2(C)CN(C)C2)cc1. The van der Waals surface area contributed by atoms with Gasteiger partial charge in [0.25, 0.3) is 0 Å². The maximum atomic E-state index is 12.4. The predicted molar refractivity (Wildman–Crippen MR) is 135 cm³/mol. The van der Waals surface area contributed by atoms with E-state index in [-0.39, 0.29) is 5.41 Å². The van der Waals surface area contributed by atoms with Gasteiger partial charge in [0.05, 0.1) is 0 Å². The molecule has 2 N–H and O–H groups in total. The number of likely N-dealkylation sites (tertiary alicyclic amines) is 1. The van der Waals surface area contributed by atoms with Gasteiger partial charge in [-0.25, -0.2) is 0 Å². The van der Waals surface area contributed by atoms with Crippen LogP contribution in [0.5, 0.6) is 0 Å². The Bertz CT molecular complexity index is 1220. The van der Waals surface area contributed by atoms with E-state index < -0.39 is 11.2 Å². The second-order valence-electron chi connectivity index (χ2n) is 10.5. The van der Waals surface area contributed by atoms with Gasteiger partial charge in [-0.3, -0.25) is 4.68 Å². The molecule has 5 heteroatoms. The molecule has 1 saturated heterocycles. The molecular weight excluding hydrogens is 422 g/mol. The first-order chi connectivity index (χ1) is 15.9. The summed E-state index contributed by atoms with van der Waals surface area (Å²) in [5.41, 5.74) is 1.31. The summed E-state index contributed by atoms with van der Waals surface area (Å²) in [6.45, 7) is 9.72. The van der Waals surface area contributed by atoms with Crippen LogP contribution >= 0.6 is 0 Å². The average Bonchev–Trinajstić information content (AvgIpc) is 3.24. The number of aryl methyl sites for hydroxylation is 1. The molecule has 2 aromatic carbocycles. The average molecular weight is 458 g/mol. The van der Waals surface area contributed by atoms with Crippen LogP contribution in [-0.2, 0) is 18.2 Å². The summed E-state index contributed by atoms with van der Waals surface area (Å²) < 4.78 is 1.65. The highest BCUT2D eigenvalue weighted by molar-refractivity contribution is 5.47. The second-order valence-corrected chi connectivity index (χ2v) is 10.5. The summed E-state index contributed by atoms with van der Waals surface area (Å²) in [4.78, 5) is 2.22. The van der Waals surface area contributed by atoms with Crippen LogP contribution in [0.15, 0.2) is 60.8 Å². The number of hydrogen-bond donors (Lipinski definition) is 2. The van der Waals surface area contributed by atoms with Crippen molar-refractivity contribution < 1.29 is 10.2 Å². The lowest BCUT2D eigenvalue weighted by Crippen LogP contribution is -2.63. The standard InChI is InChI=1S/C29H35N3O2/c1-21(2)23-10-12-24(13-11-23)29(34,27(3)19-31(5)20-27)25-9-7-8-22(18-25)14-16-28(4,33)26-15-17-32(6)30-26/h7-13,15,17-18,21,33-34H,19-20H2,1-6H3/t28-,29+/m1/s1. The Morgan fingerprint density at radius 1 is 1.00 bits per heavy atom. The zero-order valence-electron chi connectivity index (χ0n) is 21.0. The van der Waals surface area contributed by atoms with E-state index in [1.54, 1.807) is 23.9 Å². The van der Waals surface area contributed by atoms with Gasteiger partial charge in [0, 0.05) is 37.3 Å². The third-order valence-electron chi connectivity index (χ3n) is 7.05. The van der Waals surface area contributed by atoms with Gasteiger partial charge < -0.3 is 15.1 Å². The maximum Gasteiger partial charge on any atom is 0.167 e. The first-order valence-corrected chi connectivity index (χ1v) is 11.8. The van der Waals surface area contributed by atoms with Crippen molar-refractivity contribution in [3.63, 3.8) is 0 Å². The molecule has 0 radical (unpaired) electrons. The Labute approximate surface area is 203 Å². The molecule has 0 saturated carbocycles. The van der Waals surface area contributed by atoms with Crippen molar-refractivity contribution in [2.24, 2.45) is 12.5 Å². The monoisotopic (exact) mass is 457 g/mol. The molecule has 0 unspecified atom stereocenters. The zero-order chi connectivity index (χ0) is 24.7. The fraction of sp³-hybridized carbons (Fsp3) is 0.414. The highest BCUT2D eigenvalue weighted by Gasteiger charge is 2.55. The molecule has 3 aromatic rings. The van der Waals surface area contributed by atoms with Crippen molar-refractivity contribution in [3.05, 3.63) is 88.7 Å². The third kappa shape index (κ3) is 4.30. The van der Waals surface area contributed by atoms with Crippen molar-refractivity contribution in [1.82, 2.24) is 14.7 Å². The first kappa shape index (κ1) is 24.2. The molecule has 5 nitrogen and oxygen atoms in total. The molecular formula is C29H35N3O2. The predicted octanol–water partition coefficient (Wildman–Crippen LogP) is 3.99. The lowest BCUT2D eigenvalue weighted by molar-refractivity contribution is -0.127. The molecule has 1 aliphatic rings. The van der Waals surface area contributed by atoms with E-state index in [0.29, 0.717) is 11.6 Å². The quantitative estimate of drug-likeness (QED) is 0.569. The van der Waals surface area contributed by atoms with Gasteiger partial charge >= 0.3 is 0 Å². The fourth-order valence-corrected chi connectivity index (χ4v) is 5.10. The minimum Gasteiger partial charge on any atom is -0.380 e. The maximum absolute atomic E-state index is 12.4. The Morgan fingerprint density at radius 3 is 2.24 bits per heavy atom. The van der Waals surface area contributed by atoms with Crippen LogP contribution in [-0.4, -0.2) is 45.0 Å². The highest BCUT2D eigenvalue weighted by Crippen LogP contribution is 2.50. The number of nitrogens with zero attached hydrogens (tertiary/aromatic N) is 3. The minimum absolute atomic E-state index is 0.341. The summed E-state index contributed by atoms with van der Waals surface area (Å²) in [6.07, 6.45) is 1.78. The molecule has 0 bridgehead atoms. The van der Waals surface area contributed by atoms with E-state index in [9.17, 15) is 10.2 Å². The molecule has 178 valence electrons. The van der Waals surface area contributed by atoms with E-state index in [1.165, 1.54) is 5.56 Å². The number of rotatable bonds is 5. The molecule has 0 amide bonds. The summed E-state index contributed by atoms with van der Waals surface area (Å²) in [5.74, 6) is 6.49. The van der Waals surface area contributed by atoms with Crippen molar-refractivity contribution >= 4 is 0 Å². The number of benzene rings is 2. The summed E-state index contributed by atoms with van der Waals surface area (Å²) in [6, 6.07) is 17.9. The Balaban J connectivity index is 1.75. The number of hydrogen-bond acceptors (Lipinski definition) is 4. The van der Waals surface area contributed by atoms with Gasteiger partial charge in [0.15, 0.2) is 5.60 Å². The van der Waals surface area contributed by atoms with Crippen LogP contribution in [0.1, 0.15) is 61.6 Å². The van der Waals surface area contributed by atoms with Crippen LogP contribution in [0.3, 0.4) is 0 Å². The fourth-order valence-electron chi connectivity index (χ4n) is 5.10. The Hall–Kier alpha value is -2.91. The number of aliphatic hydroxyl groups is 2. The van der Waals surface area contributed by atoms with Crippen LogP contribution < -0.4 is 0 Å². The minimum atomic E-state index is -1.37.